The summed E-state index contributed by atoms with van der Waals surface area (Å²) in [5.41, 5.74) is 1.57. The van der Waals surface area contributed by atoms with Crippen LogP contribution in [0.15, 0.2) is 23.1 Å². The number of hydrogen-bond donors (Lipinski definition) is 0. The molecule has 2 heterocycles. The molecular weight excluding hydrogens is 426 g/mol. The number of halogens is 2. The van der Waals surface area contributed by atoms with Crippen LogP contribution in [-0.2, 0) is 21.2 Å². The topological polar surface area (TPSA) is 59.1 Å². The molecule has 2 fully saturated rings. The van der Waals surface area contributed by atoms with E-state index in [9.17, 15) is 17.2 Å². The van der Waals surface area contributed by atoms with Crippen molar-refractivity contribution in [1.29, 1.82) is 0 Å². The van der Waals surface area contributed by atoms with Gasteiger partial charge in [0.1, 0.15) is 5.75 Å². The first kappa shape index (κ1) is 22.6. The van der Waals surface area contributed by atoms with Crippen molar-refractivity contribution >= 4 is 16.1 Å². The number of sulfonamides is 1. The molecule has 172 valence electrons. The third kappa shape index (κ3) is 5.10. The van der Waals surface area contributed by atoms with Gasteiger partial charge in [0.25, 0.3) is 0 Å². The first-order valence-corrected chi connectivity index (χ1v) is 12.3. The molecule has 3 aliphatic rings. The number of ether oxygens (including phenoxy) is 2. The zero-order valence-electron chi connectivity index (χ0n) is 18.0. The van der Waals surface area contributed by atoms with Gasteiger partial charge in [0.2, 0.25) is 10.0 Å². The number of nitrogens with zero attached hydrogens (tertiary/aromatic N) is 2. The van der Waals surface area contributed by atoms with Crippen LogP contribution in [0, 0.1) is 0 Å². The Morgan fingerprint density at radius 1 is 1.19 bits per heavy atom. The van der Waals surface area contributed by atoms with E-state index in [2.05, 4.69) is 9.64 Å². The minimum absolute atomic E-state index is 0.0355. The lowest BCUT2D eigenvalue weighted by molar-refractivity contribution is -0.0707. The van der Waals surface area contributed by atoms with Gasteiger partial charge in [-0.15, -0.1) is 0 Å². The SMILES string of the molecule is CC1CN(CC2CCCN2S(=O)(=O)C2=Cc3ccc(OC(F)F)cc3CC2)CC(C)O1. The summed E-state index contributed by atoms with van der Waals surface area (Å²) in [4.78, 5) is 2.71. The maximum absolute atomic E-state index is 13.5. The Labute approximate surface area is 182 Å². The Morgan fingerprint density at radius 2 is 1.94 bits per heavy atom. The molecule has 1 aromatic carbocycles. The fraction of sp³-hybridized carbons (Fsp3) is 0.636. The minimum Gasteiger partial charge on any atom is -0.435 e. The molecule has 3 atom stereocenters. The predicted molar refractivity (Wildman–Crippen MR) is 114 cm³/mol. The lowest BCUT2D eigenvalue weighted by Gasteiger charge is -2.38. The quantitative estimate of drug-likeness (QED) is 0.656. The standard InChI is InChI=1S/C22H30F2N2O4S/c1-15-12-25(13-16(2)29-15)14-19-4-3-9-26(19)31(27,28)21-8-6-17-10-20(30-22(23)24)7-5-18(17)11-21/h5,7,10-11,15-16,19,22H,3-4,6,8-9,12-14H2,1-2H3. The molecule has 0 aromatic heterocycles. The molecule has 9 heteroatoms. The molecule has 2 aliphatic heterocycles. The Balaban J connectivity index is 1.50. The lowest BCUT2D eigenvalue weighted by Crippen LogP contribution is -2.51. The van der Waals surface area contributed by atoms with Crippen LogP contribution in [0.4, 0.5) is 8.78 Å². The number of rotatable bonds is 6. The highest BCUT2D eigenvalue weighted by molar-refractivity contribution is 7.93. The van der Waals surface area contributed by atoms with Gasteiger partial charge in [-0.3, -0.25) is 4.90 Å². The van der Waals surface area contributed by atoms with E-state index in [0.29, 0.717) is 24.3 Å². The van der Waals surface area contributed by atoms with Crippen molar-refractivity contribution in [2.24, 2.45) is 0 Å². The molecule has 0 bridgehead atoms. The predicted octanol–water partition coefficient (Wildman–Crippen LogP) is 3.48. The Bertz CT molecular complexity index is 927. The van der Waals surface area contributed by atoms with E-state index >= 15 is 0 Å². The van der Waals surface area contributed by atoms with E-state index in [0.717, 1.165) is 43.6 Å². The summed E-state index contributed by atoms with van der Waals surface area (Å²) in [6.07, 6.45) is 4.54. The largest absolute Gasteiger partial charge is 0.435 e. The van der Waals surface area contributed by atoms with Gasteiger partial charge in [-0.2, -0.15) is 13.1 Å². The number of benzene rings is 1. The zero-order valence-corrected chi connectivity index (χ0v) is 18.8. The third-order valence-corrected chi connectivity index (χ3v) is 8.31. The molecule has 3 unspecified atom stereocenters. The maximum atomic E-state index is 13.5. The van der Waals surface area contributed by atoms with E-state index in [-0.39, 0.29) is 24.0 Å². The summed E-state index contributed by atoms with van der Waals surface area (Å²) < 4.78 is 63.8. The average Bonchev–Trinajstić information content (AvgIpc) is 3.15. The Morgan fingerprint density at radius 3 is 2.65 bits per heavy atom. The van der Waals surface area contributed by atoms with Crippen molar-refractivity contribution in [2.45, 2.75) is 64.4 Å². The molecule has 0 radical (unpaired) electrons. The molecular formula is C22H30F2N2O4S. The second kappa shape index (κ2) is 9.13. The monoisotopic (exact) mass is 456 g/mol. The molecule has 6 nitrogen and oxygen atoms in total. The van der Waals surface area contributed by atoms with E-state index < -0.39 is 16.6 Å². The van der Waals surface area contributed by atoms with Gasteiger partial charge in [0.05, 0.1) is 17.1 Å². The lowest BCUT2D eigenvalue weighted by atomic mass is 9.97. The highest BCUT2D eigenvalue weighted by Gasteiger charge is 2.38. The Kier molecular flexibility index (Phi) is 6.67. The van der Waals surface area contributed by atoms with Gasteiger partial charge in [-0.25, -0.2) is 8.42 Å². The van der Waals surface area contributed by atoms with Crippen LogP contribution in [0.3, 0.4) is 0 Å². The van der Waals surface area contributed by atoms with Gasteiger partial charge in [0, 0.05) is 32.2 Å². The molecule has 1 aromatic rings. The smallest absolute Gasteiger partial charge is 0.387 e. The van der Waals surface area contributed by atoms with Crippen LogP contribution in [0.2, 0.25) is 0 Å². The van der Waals surface area contributed by atoms with Crippen LogP contribution in [0.5, 0.6) is 5.75 Å². The van der Waals surface area contributed by atoms with Crippen LogP contribution >= 0.6 is 0 Å². The van der Waals surface area contributed by atoms with E-state index in [1.165, 1.54) is 6.07 Å². The number of hydrogen-bond acceptors (Lipinski definition) is 5. The van der Waals surface area contributed by atoms with Crippen LogP contribution in [0.25, 0.3) is 6.08 Å². The summed E-state index contributed by atoms with van der Waals surface area (Å²) in [5, 5.41) is 0. The summed E-state index contributed by atoms with van der Waals surface area (Å²) in [6.45, 7) is 4.10. The maximum Gasteiger partial charge on any atom is 0.387 e. The summed E-state index contributed by atoms with van der Waals surface area (Å²) in [5.74, 6) is 0.0991. The van der Waals surface area contributed by atoms with Gasteiger partial charge < -0.3 is 9.47 Å². The third-order valence-electron chi connectivity index (χ3n) is 6.22. The normalized spacial score (nSPS) is 27.9. The van der Waals surface area contributed by atoms with Gasteiger partial charge in [-0.05, 0) is 68.9 Å². The average molecular weight is 457 g/mol. The van der Waals surface area contributed by atoms with Crippen molar-refractivity contribution in [1.82, 2.24) is 9.21 Å². The van der Waals surface area contributed by atoms with Crippen LogP contribution in [0.1, 0.15) is 44.2 Å². The Hall–Kier alpha value is -1.55. The van der Waals surface area contributed by atoms with Crippen LogP contribution in [-0.4, -0.2) is 68.7 Å². The van der Waals surface area contributed by atoms with Crippen molar-refractivity contribution in [3.8, 4) is 5.75 Å². The number of allylic oxidation sites excluding steroid dienone is 1. The number of fused-ring (bicyclic) bond motifs is 1. The van der Waals surface area contributed by atoms with Crippen molar-refractivity contribution in [3.63, 3.8) is 0 Å². The molecule has 0 N–H and O–H groups in total. The fourth-order valence-corrected chi connectivity index (χ4v) is 6.88. The van der Waals surface area contributed by atoms with Gasteiger partial charge in [-0.1, -0.05) is 6.07 Å². The van der Waals surface area contributed by atoms with Gasteiger partial charge >= 0.3 is 6.61 Å². The van der Waals surface area contributed by atoms with Crippen molar-refractivity contribution in [2.75, 3.05) is 26.2 Å². The molecule has 0 amide bonds. The van der Waals surface area contributed by atoms with E-state index in [1.54, 1.807) is 22.5 Å². The van der Waals surface area contributed by atoms with Crippen molar-refractivity contribution in [3.05, 3.63) is 34.2 Å². The zero-order chi connectivity index (χ0) is 22.2. The highest BCUT2D eigenvalue weighted by Crippen LogP contribution is 2.34. The second-order valence-electron chi connectivity index (χ2n) is 8.74. The minimum atomic E-state index is -3.58. The summed E-state index contributed by atoms with van der Waals surface area (Å²) in [7, 11) is -3.58. The number of morpholine rings is 1. The highest BCUT2D eigenvalue weighted by atomic mass is 32.2. The van der Waals surface area contributed by atoms with Gasteiger partial charge in [0.15, 0.2) is 0 Å². The van der Waals surface area contributed by atoms with E-state index in [1.807, 2.05) is 13.8 Å². The number of alkyl halides is 2. The molecule has 1 aliphatic carbocycles. The van der Waals surface area contributed by atoms with Crippen LogP contribution < -0.4 is 4.74 Å². The number of aryl methyl sites for hydroxylation is 1. The van der Waals surface area contributed by atoms with E-state index in [4.69, 9.17) is 4.74 Å². The molecule has 31 heavy (non-hydrogen) atoms. The molecule has 0 spiro atoms. The summed E-state index contributed by atoms with van der Waals surface area (Å²) >= 11 is 0. The van der Waals surface area contributed by atoms with Crippen molar-refractivity contribution < 1.29 is 26.7 Å². The first-order valence-electron chi connectivity index (χ1n) is 10.9. The molecule has 2 saturated heterocycles. The second-order valence-corrected chi connectivity index (χ2v) is 10.7. The fourth-order valence-electron chi connectivity index (χ4n) is 5.01. The first-order chi connectivity index (χ1) is 14.7. The molecule has 4 rings (SSSR count). The molecule has 0 saturated carbocycles. The summed E-state index contributed by atoms with van der Waals surface area (Å²) in [6, 6.07) is 4.64.